The van der Waals surface area contributed by atoms with Gasteiger partial charge in [0.1, 0.15) is 0 Å². The van der Waals surface area contributed by atoms with E-state index in [1.807, 2.05) is 13.8 Å². The van der Waals surface area contributed by atoms with Gasteiger partial charge in [0.2, 0.25) is 0 Å². The van der Waals surface area contributed by atoms with Crippen molar-refractivity contribution in [2.45, 2.75) is 18.7 Å². The molecule has 0 amide bonds. The zero-order valence-corrected chi connectivity index (χ0v) is 8.38. The molecule has 0 spiro atoms. The van der Waals surface area contributed by atoms with E-state index in [2.05, 4.69) is 0 Å². The second-order valence-corrected chi connectivity index (χ2v) is 3.47. The molecule has 0 saturated carbocycles. The molecule has 1 aromatic rings. The van der Waals surface area contributed by atoms with E-state index < -0.39 is 10.1 Å². The Balaban J connectivity index is 0.000000671. The van der Waals surface area contributed by atoms with E-state index in [4.69, 9.17) is 10.3 Å². The quantitative estimate of drug-likeness (QED) is 0.536. The van der Waals surface area contributed by atoms with Crippen molar-refractivity contribution < 1.29 is 13.0 Å². The first-order valence-electron chi connectivity index (χ1n) is 3.83. The van der Waals surface area contributed by atoms with Gasteiger partial charge in [-0.15, -0.1) is 0 Å². The number of nitrogens with two attached hydrogens (primary N) is 1. The Morgan fingerprint density at radius 3 is 1.85 bits per heavy atom. The lowest BCUT2D eigenvalue weighted by molar-refractivity contribution is 0.483. The molecule has 0 aromatic heterocycles. The maximum Gasteiger partial charge on any atom is 0.294 e. The van der Waals surface area contributed by atoms with Crippen LogP contribution in [0.4, 0.5) is 5.69 Å². The van der Waals surface area contributed by atoms with Gasteiger partial charge in [0, 0.05) is 5.69 Å². The number of hydrogen-bond donors (Lipinski definition) is 2. The van der Waals surface area contributed by atoms with Gasteiger partial charge in [-0.1, -0.05) is 13.8 Å². The normalized spacial score (nSPS) is 10.1. The van der Waals surface area contributed by atoms with Gasteiger partial charge in [-0.05, 0) is 24.3 Å². The third-order valence-electron chi connectivity index (χ3n) is 1.18. The summed E-state index contributed by atoms with van der Waals surface area (Å²) in [5.74, 6) is 0. The van der Waals surface area contributed by atoms with Crippen molar-refractivity contribution in [2.24, 2.45) is 0 Å². The Hall–Kier alpha value is -1.07. The van der Waals surface area contributed by atoms with Gasteiger partial charge >= 0.3 is 0 Å². The minimum absolute atomic E-state index is 0.147. The molecule has 0 radical (unpaired) electrons. The Morgan fingerprint density at radius 2 is 1.54 bits per heavy atom. The molecular weight excluding hydrogens is 190 g/mol. The monoisotopic (exact) mass is 203 g/mol. The Labute approximate surface area is 78.1 Å². The zero-order valence-electron chi connectivity index (χ0n) is 7.56. The predicted octanol–water partition coefficient (Wildman–Crippen LogP) is 1.54. The molecule has 0 heterocycles. The lowest BCUT2D eigenvalue weighted by atomic mass is 10.3. The van der Waals surface area contributed by atoms with Crippen molar-refractivity contribution in [3.63, 3.8) is 0 Å². The Morgan fingerprint density at radius 1 is 1.15 bits per heavy atom. The first kappa shape index (κ1) is 11.9. The maximum absolute atomic E-state index is 10.5. The standard InChI is InChI=1S/C6H7NO3S.C2H6/c7-5-1-3-6(4-2-5)11(8,9)10;1-2/h1-4H,7H2,(H,8,9,10);1-2H3. The van der Waals surface area contributed by atoms with Crippen LogP contribution in [0.1, 0.15) is 13.8 Å². The van der Waals surface area contributed by atoms with Gasteiger partial charge in [0.05, 0.1) is 4.90 Å². The third kappa shape index (κ3) is 3.91. The van der Waals surface area contributed by atoms with E-state index in [0.29, 0.717) is 5.69 Å². The van der Waals surface area contributed by atoms with Crippen LogP contribution >= 0.6 is 0 Å². The topological polar surface area (TPSA) is 80.4 Å². The average molecular weight is 203 g/mol. The predicted molar refractivity (Wildman–Crippen MR) is 52.0 cm³/mol. The van der Waals surface area contributed by atoms with E-state index in [1.54, 1.807) is 0 Å². The van der Waals surface area contributed by atoms with Crippen LogP contribution in [0.2, 0.25) is 0 Å². The minimum Gasteiger partial charge on any atom is -0.399 e. The molecule has 0 saturated heterocycles. The van der Waals surface area contributed by atoms with E-state index in [-0.39, 0.29) is 4.90 Å². The van der Waals surface area contributed by atoms with Crippen LogP contribution in [0, 0.1) is 0 Å². The lowest BCUT2D eigenvalue weighted by Gasteiger charge is -1.95. The Kier molecular flexibility index (Phi) is 4.44. The van der Waals surface area contributed by atoms with E-state index in [0.717, 1.165) is 0 Å². The highest BCUT2D eigenvalue weighted by Gasteiger charge is 2.06. The van der Waals surface area contributed by atoms with Gasteiger partial charge < -0.3 is 5.73 Å². The van der Waals surface area contributed by atoms with Crippen LogP contribution in [0.25, 0.3) is 0 Å². The Bertz CT molecular complexity index is 342. The van der Waals surface area contributed by atoms with Crippen LogP contribution in [0.3, 0.4) is 0 Å². The molecule has 0 unspecified atom stereocenters. The molecule has 4 nitrogen and oxygen atoms in total. The first-order valence-corrected chi connectivity index (χ1v) is 5.27. The number of hydrogen-bond acceptors (Lipinski definition) is 3. The molecule has 0 aliphatic carbocycles. The molecule has 0 fully saturated rings. The molecule has 74 valence electrons. The van der Waals surface area contributed by atoms with Crippen molar-refractivity contribution in [3.05, 3.63) is 24.3 Å². The fourth-order valence-electron chi connectivity index (χ4n) is 0.640. The maximum atomic E-state index is 10.5. The summed E-state index contributed by atoms with van der Waals surface area (Å²) in [6, 6.07) is 5.29. The molecular formula is C8H13NO3S. The molecule has 3 N–H and O–H groups in total. The zero-order chi connectivity index (χ0) is 10.5. The van der Waals surface area contributed by atoms with Crippen molar-refractivity contribution in [1.29, 1.82) is 0 Å². The van der Waals surface area contributed by atoms with Gasteiger partial charge in [-0.2, -0.15) is 8.42 Å². The van der Waals surface area contributed by atoms with Gasteiger partial charge in [-0.25, -0.2) is 0 Å². The summed E-state index contributed by atoms with van der Waals surface area (Å²) in [6.07, 6.45) is 0. The van der Waals surface area contributed by atoms with E-state index in [1.165, 1.54) is 24.3 Å². The van der Waals surface area contributed by atoms with E-state index in [9.17, 15) is 8.42 Å². The van der Waals surface area contributed by atoms with Crippen LogP contribution < -0.4 is 5.73 Å². The summed E-state index contributed by atoms with van der Waals surface area (Å²) in [6.45, 7) is 4.00. The summed E-state index contributed by atoms with van der Waals surface area (Å²) >= 11 is 0. The largest absolute Gasteiger partial charge is 0.399 e. The van der Waals surface area contributed by atoms with Crippen molar-refractivity contribution >= 4 is 15.8 Å². The number of rotatable bonds is 1. The minimum atomic E-state index is -4.08. The summed E-state index contributed by atoms with van der Waals surface area (Å²) in [5, 5.41) is 0. The lowest BCUT2D eigenvalue weighted by Crippen LogP contribution is -1.97. The number of anilines is 1. The van der Waals surface area contributed by atoms with Crippen LogP contribution in [0.15, 0.2) is 29.2 Å². The number of nitrogen functional groups attached to an aromatic ring is 1. The molecule has 5 heteroatoms. The molecule has 13 heavy (non-hydrogen) atoms. The van der Waals surface area contributed by atoms with E-state index >= 15 is 0 Å². The van der Waals surface area contributed by atoms with Gasteiger partial charge in [0.15, 0.2) is 0 Å². The van der Waals surface area contributed by atoms with Crippen molar-refractivity contribution in [3.8, 4) is 0 Å². The second kappa shape index (κ2) is 4.84. The second-order valence-electron chi connectivity index (χ2n) is 2.04. The summed E-state index contributed by atoms with van der Waals surface area (Å²) in [5.41, 5.74) is 5.75. The highest BCUT2D eigenvalue weighted by Crippen LogP contribution is 2.10. The number of benzene rings is 1. The SMILES string of the molecule is CC.Nc1ccc(S(=O)(=O)O)cc1. The van der Waals surface area contributed by atoms with Crippen molar-refractivity contribution in [2.75, 3.05) is 5.73 Å². The molecule has 0 aliphatic heterocycles. The fourth-order valence-corrected chi connectivity index (χ4v) is 1.12. The summed E-state index contributed by atoms with van der Waals surface area (Å²) in [7, 11) is -4.08. The fraction of sp³-hybridized carbons (Fsp3) is 0.250. The van der Waals surface area contributed by atoms with Gasteiger partial charge in [0.25, 0.3) is 10.1 Å². The molecule has 1 aromatic carbocycles. The highest BCUT2D eigenvalue weighted by atomic mass is 32.2. The van der Waals surface area contributed by atoms with Crippen molar-refractivity contribution in [1.82, 2.24) is 0 Å². The summed E-state index contributed by atoms with van der Waals surface area (Å²) < 4.78 is 29.4. The molecule has 1 rings (SSSR count). The first-order chi connectivity index (χ1) is 6.00. The van der Waals surface area contributed by atoms with Crippen LogP contribution in [0.5, 0.6) is 0 Å². The highest BCUT2D eigenvalue weighted by molar-refractivity contribution is 7.85. The average Bonchev–Trinajstić information content (AvgIpc) is 2.07. The third-order valence-corrected chi connectivity index (χ3v) is 2.05. The van der Waals surface area contributed by atoms with Crippen LogP contribution in [-0.4, -0.2) is 13.0 Å². The molecule has 0 aliphatic rings. The van der Waals surface area contributed by atoms with Crippen LogP contribution in [-0.2, 0) is 10.1 Å². The summed E-state index contributed by atoms with van der Waals surface area (Å²) in [4.78, 5) is -0.147. The van der Waals surface area contributed by atoms with Gasteiger partial charge in [-0.3, -0.25) is 4.55 Å². The smallest absolute Gasteiger partial charge is 0.294 e. The molecule has 0 atom stereocenters. The molecule has 0 bridgehead atoms.